The van der Waals surface area contributed by atoms with Gasteiger partial charge < -0.3 is 9.47 Å². The van der Waals surface area contributed by atoms with Crippen LogP contribution in [0.15, 0.2) is 71.9 Å². The van der Waals surface area contributed by atoms with Crippen LogP contribution in [0.1, 0.15) is 51.8 Å². The molecule has 0 amide bonds. The average Bonchev–Trinajstić information content (AvgIpc) is 2.89. The van der Waals surface area contributed by atoms with Crippen LogP contribution in [0.25, 0.3) is 11.6 Å². The normalized spacial score (nSPS) is 11.9. The molecule has 10 heteroatoms. The monoisotopic (exact) mass is 533 g/mol. The number of benzene rings is 2. The van der Waals surface area contributed by atoms with Gasteiger partial charge in [-0.2, -0.15) is 0 Å². The number of para-hydroxylation sites is 2. The molecule has 0 aliphatic heterocycles. The van der Waals surface area contributed by atoms with Crippen LogP contribution in [0.2, 0.25) is 0 Å². The molecule has 38 heavy (non-hydrogen) atoms. The smallest absolute Gasteiger partial charge is 0.263 e. The molecular formula is C28H31N5O4S. The van der Waals surface area contributed by atoms with Gasteiger partial charge in [-0.05, 0) is 47.2 Å². The molecule has 0 spiro atoms. The first-order valence-corrected chi connectivity index (χ1v) is 13.6. The Kier molecular flexibility index (Phi) is 7.63. The van der Waals surface area contributed by atoms with Gasteiger partial charge in [-0.1, -0.05) is 58.9 Å². The molecule has 0 atom stereocenters. The second-order valence-electron chi connectivity index (χ2n) is 9.97. The van der Waals surface area contributed by atoms with Crippen molar-refractivity contribution in [3.8, 4) is 28.9 Å². The van der Waals surface area contributed by atoms with E-state index in [1.54, 1.807) is 48.8 Å². The minimum Gasteiger partial charge on any atom is -0.493 e. The van der Waals surface area contributed by atoms with Crippen molar-refractivity contribution in [2.45, 2.75) is 50.8 Å². The predicted molar refractivity (Wildman–Crippen MR) is 146 cm³/mol. The summed E-state index contributed by atoms with van der Waals surface area (Å²) in [6.45, 7) is 10.1. The molecule has 1 N–H and O–H groups in total. The van der Waals surface area contributed by atoms with Gasteiger partial charge in [0.05, 0.1) is 17.7 Å². The Morgan fingerprint density at radius 3 is 2.05 bits per heavy atom. The quantitative estimate of drug-likeness (QED) is 0.295. The largest absolute Gasteiger partial charge is 0.493 e. The van der Waals surface area contributed by atoms with Crippen LogP contribution >= 0.6 is 0 Å². The van der Waals surface area contributed by atoms with E-state index >= 15 is 0 Å². The Morgan fingerprint density at radius 2 is 1.47 bits per heavy atom. The summed E-state index contributed by atoms with van der Waals surface area (Å²) in [5, 5.41) is 0. The molecule has 0 aliphatic rings. The summed E-state index contributed by atoms with van der Waals surface area (Å²) in [6.07, 6.45) is 3.14. The van der Waals surface area contributed by atoms with Crippen molar-refractivity contribution in [1.29, 1.82) is 0 Å². The van der Waals surface area contributed by atoms with Crippen LogP contribution in [0.5, 0.6) is 17.2 Å². The molecule has 0 radical (unpaired) electrons. The van der Waals surface area contributed by atoms with Crippen molar-refractivity contribution >= 4 is 15.8 Å². The Morgan fingerprint density at radius 1 is 0.842 bits per heavy atom. The Labute approximate surface area is 223 Å². The van der Waals surface area contributed by atoms with Gasteiger partial charge in [0.25, 0.3) is 10.0 Å². The standard InChI is InChI=1S/C28H31N5O4S/c1-18(2)23-24(37-22-11-8-7-10-21(22)36-6)25(32-27(31-23)26-29-16-9-17-30-26)33-38(34,35)20-14-12-19(13-15-20)28(3,4)5/h7-18H,1-6H3,(H,31,32,33). The van der Waals surface area contributed by atoms with E-state index in [1.165, 1.54) is 7.11 Å². The fourth-order valence-electron chi connectivity index (χ4n) is 3.68. The van der Waals surface area contributed by atoms with Gasteiger partial charge in [0.15, 0.2) is 34.7 Å². The predicted octanol–water partition coefficient (Wildman–Crippen LogP) is 5.96. The SMILES string of the molecule is COc1ccccc1Oc1c(NS(=O)(=O)c2ccc(C(C)(C)C)cc2)nc(-c2ncccn2)nc1C(C)C. The molecule has 0 saturated carbocycles. The van der Waals surface area contributed by atoms with Crippen molar-refractivity contribution in [3.63, 3.8) is 0 Å². The second kappa shape index (κ2) is 10.7. The highest BCUT2D eigenvalue weighted by Crippen LogP contribution is 2.40. The molecule has 2 heterocycles. The van der Waals surface area contributed by atoms with Crippen LogP contribution in [-0.4, -0.2) is 35.5 Å². The molecule has 0 fully saturated rings. The van der Waals surface area contributed by atoms with Crippen molar-refractivity contribution < 1.29 is 17.9 Å². The molecule has 9 nitrogen and oxygen atoms in total. The van der Waals surface area contributed by atoms with E-state index in [1.807, 2.05) is 32.0 Å². The van der Waals surface area contributed by atoms with Gasteiger partial charge in [-0.3, -0.25) is 4.72 Å². The maximum Gasteiger partial charge on any atom is 0.263 e. The molecule has 0 bridgehead atoms. The maximum atomic E-state index is 13.5. The van der Waals surface area contributed by atoms with E-state index in [0.29, 0.717) is 17.2 Å². The number of hydrogen-bond donors (Lipinski definition) is 1. The van der Waals surface area contributed by atoms with Crippen LogP contribution < -0.4 is 14.2 Å². The zero-order valence-electron chi connectivity index (χ0n) is 22.3. The number of methoxy groups -OCH3 is 1. The van der Waals surface area contributed by atoms with Crippen LogP contribution in [0, 0.1) is 0 Å². The molecule has 2 aromatic heterocycles. The van der Waals surface area contributed by atoms with Crippen LogP contribution in [-0.2, 0) is 15.4 Å². The Balaban J connectivity index is 1.86. The lowest BCUT2D eigenvalue weighted by Gasteiger charge is -2.20. The van der Waals surface area contributed by atoms with Gasteiger partial charge in [0.2, 0.25) is 0 Å². The fourth-order valence-corrected chi connectivity index (χ4v) is 4.68. The summed E-state index contributed by atoms with van der Waals surface area (Å²) in [5.41, 5.74) is 1.38. The summed E-state index contributed by atoms with van der Waals surface area (Å²) in [6, 6.07) is 15.5. The first kappa shape index (κ1) is 27.0. The Bertz CT molecular complexity index is 1520. The van der Waals surface area contributed by atoms with Crippen molar-refractivity contribution in [1.82, 2.24) is 19.9 Å². The molecule has 0 unspecified atom stereocenters. The van der Waals surface area contributed by atoms with E-state index in [0.717, 1.165) is 5.56 Å². The second-order valence-corrected chi connectivity index (χ2v) is 11.7. The molecule has 2 aromatic carbocycles. The van der Waals surface area contributed by atoms with Crippen molar-refractivity contribution in [2.24, 2.45) is 0 Å². The number of anilines is 1. The highest BCUT2D eigenvalue weighted by molar-refractivity contribution is 7.92. The third-order valence-electron chi connectivity index (χ3n) is 5.75. The Hall–Kier alpha value is -4.05. The molecule has 198 valence electrons. The number of aromatic nitrogens is 4. The molecule has 0 saturated heterocycles. The maximum absolute atomic E-state index is 13.5. The minimum absolute atomic E-state index is 0.0306. The van der Waals surface area contributed by atoms with Gasteiger partial charge >= 0.3 is 0 Å². The summed E-state index contributed by atoms with van der Waals surface area (Å²) < 4.78 is 41.4. The van der Waals surface area contributed by atoms with Crippen LogP contribution in [0.4, 0.5) is 5.82 Å². The zero-order chi connectivity index (χ0) is 27.5. The molecule has 0 aliphatic carbocycles. The number of nitrogens with zero attached hydrogens (tertiary/aromatic N) is 4. The highest BCUT2D eigenvalue weighted by Gasteiger charge is 2.26. The lowest BCUT2D eigenvalue weighted by atomic mass is 9.87. The van der Waals surface area contributed by atoms with E-state index in [9.17, 15) is 8.42 Å². The van der Waals surface area contributed by atoms with Crippen molar-refractivity contribution in [2.75, 3.05) is 11.8 Å². The van der Waals surface area contributed by atoms with E-state index in [-0.39, 0.29) is 39.4 Å². The van der Waals surface area contributed by atoms with E-state index < -0.39 is 10.0 Å². The lowest BCUT2D eigenvalue weighted by Crippen LogP contribution is -2.17. The zero-order valence-corrected chi connectivity index (χ0v) is 23.1. The summed E-state index contributed by atoms with van der Waals surface area (Å²) in [4.78, 5) is 17.8. The number of rotatable bonds is 8. The number of ether oxygens (including phenoxy) is 2. The summed E-state index contributed by atoms with van der Waals surface area (Å²) in [7, 11) is -2.51. The number of hydrogen-bond acceptors (Lipinski definition) is 8. The van der Waals surface area contributed by atoms with E-state index in [2.05, 4.69) is 45.4 Å². The third-order valence-corrected chi connectivity index (χ3v) is 7.10. The van der Waals surface area contributed by atoms with Gasteiger partial charge in [0.1, 0.15) is 0 Å². The van der Waals surface area contributed by atoms with Gasteiger partial charge in [-0.25, -0.2) is 28.4 Å². The number of sulfonamides is 1. The topological polar surface area (TPSA) is 116 Å². The average molecular weight is 534 g/mol. The van der Waals surface area contributed by atoms with E-state index in [4.69, 9.17) is 9.47 Å². The summed E-state index contributed by atoms with van der Waals surface area (Å²) >= 11 is 0. The molecular weight excluding hydrogens is 502 g/mol. The molecule has 4 aromatic rings. The number of nitrogens with one attached hydrogen (secondary N) is 1. The lowest BCUT2D eigenvalue weighted by molar-refractivity contribution is 0.376. The third kappa shape index (κ3) is 5.91. The molecule has 4 rings (SSSR count). The van der Waals surface area contributed by atoms with Gasteiger partial charge in [0, 0.05) is 12.4 Å². The van der Waals surface area contributed by atoms with Crippen molar-refractivity contribution in [3.05, 3.63) is 78.2 Å². The van der Waals surface area contributed by atoms with Gasteiger partial charge in [-0.15, -0.1) is 0 Å². The summed E-state index contributed by atoms with van der Waals surface area (Å²) in [5.74, 6) is 1.27. The first-order valence-electron chi connectivity index (χ1n) is 12.1. The fraction of sp³-hybridized carbons (Fsp3) is 0.286. The first-order chi connectivity index (χ1) is 18.0. The minimum atomic E-state index is -4.04. The highest BCUT2D eigenvalue weighted by atomic mass is 32.2. The van der Waals surface area contributed by atoms with Crippen LogP contribution in [0.3, 0.4) is 0 Å².